The zero-order valence-corrected chi connectivity index (χ0v) is 15.0. The maximum absolute atomic E-state index is 13.2. The van der Waals surface area contributed by atoms with Crippen LogP contribution in [-0.2, 0) is 0 Å². The molecule has 0 aliphatic heterocycles. The molecule has 2 amide bonds. The van der Waals surface area contributed by atoms with Crippen molar-refractivity contribution in [2.45, 2.75) is 6.92 Å². The van der Waals surface area contributed by atoms with Gasteiger partial charge in [-0.1, -0.05) is 29.8 Å². The van der Waals surface area contributed by atoms with Crippen LogP contribution in [0.5, 0.6) is 0 Å². The van der Waals surface area contributed by atoms with Gasteiger partial charge in [0, 0.05) is 16.4 Å². The Morgan fingerprint density at radius 2 is 1.56 bits per heavy atom. The number of rotatable bonds is 4. The van der Waals surface area contributed by atoms with Crippen LogP contribution in [0.4, 0.5) is 15.8 Å². The molecule has 2 aromatic carbocycles. The van der Waals surface area contributed by atoms with Crippen LogP contribution in [0, 0.1) is 12.7 Å². The summed E-state index contributed by atoms with van der Waals surface area (Å²) < 4.78 is 13.2. The fraction of sp³-hybridized carbons (Fsp3) is 0.0500. The molecule has 0 saturated heterocycles. The molecular formula is C20H15ClFN3O2. The number of hydrogen-bond acceptors (Lipinski definition) is 3. The van der Waals surface area contributed by atoms with Gasteiger partial charge in [-0.2, -0.15) is 0 Å². The molecule has 2 N–H and O–H groups in total. The number of nitrogens with zero attached hydrogens (tertiary/aromatic N) is 1. The first-order valence-electron chi connectivity index (χ1n) is 8.04. The van der Waals surface area contributed by atoms with E-state index in [4.69, 9.17) is 11.6 Å². The van der Waals surface area contributed by atoms with Crippen LogP contribution in [-0.4, -0.2) is 16.8 Å². The number of carbonyl (C=O) groups is 2. The molecule has 0 saturated carbocycles. The average Bonchev–Trinajstić information content (AvgIpc) is 2.65. The van der Waals surface area contributed by atoms with Gasteiger partial charge < -0.3 is 10.6 Å². The van der Waals surface area contributed by atoms with Gasteiger partial charge in [0.25, 0.3) is 11.8 Å². The largest absolute Gasteiger partial charge is 0.321 e. The van der Waals surface area contributed by atoms with Crippen molar-refractivity contribution in [3.63, 3.8) is 0 Å². The van der Waals surface area contributed by atoms with Gasteiger partial charge in [-0.05, 0) is 55.0 Å². The Morgan fingerprint density at radius 3 is 2.26 bits per heavy atom. The van der Waals surface area contributed by atoms with E-state index >= 15 is 0 Å². The van der Waals surface area contributed by atoms with Crippen LogP contribution in [0.3, 0.4) is 0 Å². The molecular weight excluding hydrogens is 369 g/mol. The highest BCUT2D eigenvalue weighted by molar-refractivity contribution is 6.31. The zero-order chi connectivity index (χ0) is 19.4. The molecule has 0 unspecified atom stereocenters. The first kappa shape index (κ1) is 18.5. The zero-order valence-electron chi connectivity index (χ0n) is 14.3. The fourth-order valence-electron chi connectivity index (χ4n) is 2.38. The predicted molar refractivity (Wildman–Crippen MR) is 103 cm³/mol. The van der Waals surface area contributed by atoms with Crippen molar-refractivity contribution in [2.75, 3.05) is 10.6 Å². The Bertz CT molecular complexity index is 1020. The number of aromatic nitrogens is 1. The highest BCUT2D eigenvalue weighted by Crippen LogP contribution is 2.23. The van der Waals surface area contributed by atoms with Crippen molar-refractivity contribution in [1.29, 1.82) is 0 Å². The van der Waals surface area contributed by atoms with Crippen molar-refractivity contribution in [3.05, 3.63) is 88.5 Å². The van der Waals surface area contributed by atoms with E-state index in [2.05, 4.69) is 15.6 Å². The topological polar surface area (TPSA) is 71.1 Å². The Labute approximate surface area is 160 Å². The lowest BCUT2D eigenvalue weighted by molar-refractivity contribution is 0.101. The number of benzene rings is 2. The van der Waals surface area contributed by atoms with Gasteiger partial charge >= 0.3 is 0 Å². The van der Waals surface area contributed by atoms with Crippen molar-refractivity contribution in [2.24, 2.45) is 0 Å². The van der Waals surface area contributed by atoms with E-state index in [1.807, 2.05) is 0 Å². The van der Waals surface area contributed by atoms with Crippen molar-refractivity contribution in [1.82, 2.24) is 4.98 Å². The number of nitrogens with one attached hydrogen (secondary N) is 2. The molecule has 0 aliphatic carbocycles. The Balaban J connectivity index is 1.77. The third-order valence-corrected chi connectivity index (χ3v) is 4.22. The molecule has 3 aromatic rings. The number of carbonyl (C=O) groups excluding carboxylic acids is 2. The molecule has 0 bridgehead atoms. The normalized spacial score (nSPS) is 10.3. The molecule has 1 heterocycles. The highest BCUT2D eigenvalue weighted by atomic mass is 35.5. The van der Waals surface area contributed by atoms with Crippen LogP contribution in [0.15, 0.2) is 60.7 Å². The van der Waals surface area contributed by atoms with Gasteiger partial charge in [0.1, 0.15) is 17.2 Å². The van der Waals surface area contributed by atoms with E-state index in [0.717, 1.165) is 5.56 Å². The van der Waals surface area contributed by atoms with Crippen LogP contribution in [0.2, 0.25) is 5.02 Å². The molecule has 5 nitrogen and oxygen atoms in total. The van der Waals surface area contributed by atoms with Gasteiger partial charge in [-0.15, -0.1) is 0 Å². The molecule has 1 aromatic heterocycles. The summed E-state index contributed by atoms with van der Waals surface area (Å²) in [7, 11) is 0. The number of anilines is 2. The van der Waals surface area contributed by atoms with Crippen LogP contribution in [0.25, 0.3) is 0 Å². The SMILES string of the molecule is Cc1c(Cl)cccc1NC(=O)c1cccc(C(=O)Nc2cccc(F)c2)n1. The lowest BCUT2D eigenvalue weighted by Crippen LogP contribution is -2.18. The molecule has 0 spiro atoms. The van der Waals surface area contributed by atoms with Gasteiger partial charge in [0.2, 0.25) is 0 Å². The number of halogens is 2. The van der Waals surface area contributed by atoms with Gasteiger partial charge in [-0.3, -0.25) is 9.59 Å². The number of amides is 2. The van der Waals surface area contributed by atoms with E-state index in [0.29, 0.717) is 16.4 Å². The second-order valence-electron chi connectivity index (χ2n) is 5.74. The molecule has 3 rings (SSSR count). The minimum absolute atomic E-state index is 0.0368. The Hall–Kier alpha value is -3.25. The average molecular weight is 384 g/mol. The Kier molecular flexibility index (Phi) is 5.47. The summed E-state index contributed by atoms with van der Waals surface area (Å²) in [5, 5.41) is 5.80. The quantitative estimate of drug-likeness (QED) is 0.686. The van der Waals surface area contributed by atoms with E-state index in [1.165, 1.54) is 30.3 Å². The summed E-state index contributed by atoms with van der Waals surface area (Å²) in [5.74, 6) is -1.49. The van der Waals surface area contributed by atoms with Crippen LogP contribution >= 0.6 is 11.6 Å². The second-order valence-corrected chi connectivity index (χ2v) is 6.15. The summed E-state index contributed by atoms with van der Waals surface area (Å²) in [6.07, 6.45) is 0. The lowest BCUT2D eigenvalue weighted by atomic mass is 10.2. The minimum Gasteiger partial charge on any atom is -0.321 e. The van der Waals surface area contributed by atoms with Gasteiger partial charge in [0.15, 0.2) is 0 Å². The summed E-state index contributed by atoms with van der Waals surface area (Å²) in [4.78, 5) is 28.9. The first-order valence-corrected chi connectivity index (χ1v) is 8.42. The molecule has 0 atom stereocenters. The van der Waals surface area contributed by atoms with Crippen LogP contribution < -0.4 is 10.6 Å². The third-order valence-electron chi connectivity index (χ3n) is 3.81. The standard InChI is InChI=1S/C20H15ClFN3O2/c1-12-15(21)7-3-8-16(12)25-20(27)18-10-4-9-17(24-18)19(26)23-14-6-2-5-13(22)11-14/h2-11H,1H3,(H,23,26)(H,25,27). The maximum atomic E-state index is 13.2. The molecule has 0 radical (unpaired) electrons. The van der Waals surface area contributed by atoms with E-state index < -0.39 is 17.6 Å². The smallest absolute Gasteiger partial charge is 0.274 e. The Morgan fingerprint density at radius 1 is 0.926 bits per heavy atom. The second kappa shape index (κ2) is 7.97. The van der Waals surface area contributed by atoms with Gasteiger partial charge in [0.05, 0.1) is 0 Å². The molecule has 7 heteroatoms. The first-order chi connectivity index (χ1) is 12.9. The number of hydrogen-bond donors (Lipinski definition) is 2. The summed E-state index contributed by atoms with van der Waals surface area (Å²) in [6.45, 7) is 1.79. The van der Waals surface area contributed by atoms with E-state index in [1.54, 1.807) is 37.3 Å². The number of pyridine rings is 1. The highest BCUT2D eigenvalue weighted by Gasteiger charge is 2.14. The molecule has 0 aliphatic rings. The van der Waals surface area contributed by atoms with Gasteiger partial charge in [-0.25, -0.2) is 9.37 Å². The minimum atomic E-state index is -0.547. The predicted octanol–water partition coefficient (Wildman–Crippen LogP) is 4.69. The fourth-order valence-corrected chi connectivity index (χ4v) is 2.55. The lowest BCUT2D eigenvalue weighted by Gasteiger charge is -2.10. The summed E-state index contributed by atoms with van der Waals surface area (Å²) in [5.41, 5.74) is 1.69. The van der Waals surface area contributed by atoms with Crippen LogP contribution in [0.1, 0.15) is 26.5 Å². The summed E-state index contributed by atoms with van der Waals surface area (Å²) in [6, 6.07) is 15.2. The maximum Gasteiger partial charge on any atom is 0.274 e. The van der Waals surface area contributed by atoms with E-state index in [-0.39, 0.29) is 11.4 Å². The van der Waals surface area contributed by atoms with E-state index in [9.17, 15) is 14.0 Å². The summed E-state index contributed by atoms with van der Waals surface area (Å²) >= 11 is 6.05. The van der Waals surface area contributed by atoms with Crippen molar-refractivity contribution < 1.29 is 14.0 Å². The monoisotopic (exact) mass is 383 g/mol. The van der Waals surface area contributed by atoms with Crippen molar-refractivity contribution >= 4 is 34.8 Å². The molecule has 27 heavy (non-hydrogen) atoms. The molecule has 0 fully saturated rings. The van der Waals surface area contributed by atoms with Crippen molar-refractivity contribution in [3.8, 4) is 0 Å². The third kappa shape index (κ3) is 4.48. The molecule has 136 valence electrons.